The fourth-order valence-electron chi connectivity index (χ4n) is 1.85. The van der Waals surface area contributed by atoms with Crippen LogP contribution >= 0.6 is 11.8 Å². The van der Waals surface area contributed by atoms with Crippen molar-refractivity contribution in [1.82, 2.24) is 15.3 Å². The molecule has 0 fully saturated rings. The van der Waals surface area contributed by atoms with Gasteiger partial charge in [-0.05, 0) is 61.0 Å². The second-order valence-electron chi connectivity index (χ2n) is 5.36. The van der Waals surface area contributed by atoms with Crippen molar-refractivity contribution in [3.8, 4) is 0 Å². The fraction of sp³-hybridized carbons (Fsp3) is 0.375. The predicted octanol–water partition coefficient (Wildman–Crippen LogP) is 3.82. The lowest BCUT2D eigenvalue weighted by Crippen LogP contribution is -2.19. The summed E-state index contributed by atoms with van der Waals surface area (Å²) < 4.78 is 13.5. The van der Waals surface area contributed by atoms with Crippen molar-refractivity contribution in [2.75, 3.05) is 6.54 Å². The van der Waals surface area contributed by atoms with Gasteiger partial charge in [0.2, 0.25) is 0 Å². The van der Waals surface area contributed by atoms with E-state index < -0.39 is 0 Å². The van der Waals surface area contributed by atoms with Gasteiger partial charge in [-0.15, -0.1) is 0 Å². The van der Waals surface area contributed by atoms with Crippen LogP contribution in [0.4, 0.5) is 4.39 Å². The van der Waals surface area contributed by atoms with E-state index >= 15 is 0 Å². The van der Waals surface area contributed by atoms with Gasteiger partial charge in [-0.3, -0.25) is 0 Å². The first kappa shape index (κ1) is 15.9. The maximum atomic E-state index is 13.5. The van der Waals surface area contributed by atoms with Gasteiger partial charge in [0, 0.05) is 23.3 Å². The van der Waals surface area contributed by atoms with Crippen molar-refractivity contribution < 1.29 is 4.39 Å². The molecule has 0 spiro atoms. The van der Waals surface area contributed by atoms with Gasteiger partial charge in [0.05, 0.1) is 0 Å². The predicted molar refractivity (Wildman–Crippen MR) is 83.8 cm³/mol. The van der Waals surface area contributed by atoms with Gasteiger partial charge in [-0.2, -0.15) is 0 Å². The Kier molecular flexibility index (Phi) is 5.70. The van der Waals surface area contributed by atoms with Crippen molar-refractivity contribution in [1.29, 1.82) is 0 Å². The Labute approximate surface area is 129 Å². The molecule has 3 nitrogen and oxygen atoms in total. The first-order chi connectivity index (χ1) is 10.0. The number of aryl methyl sites for hydroxylation is 1. The number of hydrogen-bond acceptors (Lipinski definition) is 4. The van der Waals surface area contributed by atoms with E-state index in [1.54, 1.807) is 18.3 Å². The Balaban J connectivity index is 2.14. The molecular formula is C16H20FN3S. The Morgan fingerprint density at radius 3 is 2.81 bits per heavy atom. The van der Waals surface area contributed by atoms with Gasteiger partial charge < -0.3 is 5.32 Å². The van der Waals surface area contributed by atoms with Crippen LogP contribution in [0.5, 0.6) is 0 Å². The summed E-state index contributed by atoms with van der Waals surface area (Å²) in [7, 11) is 0. The standard InChI is InChI=1S/C16H20FN3S/c1-11(2)9-18-10-13-8-14(17)4-5-15(13)21-16-19-7-6-12(3)20-16/h4-8,11,18H,9-10H2,1-3H3. The number of benzene rings is 1. The first-order valence-electron chi connectivity index (χ1n) is 7.01. The Bertz CT molecular complexity index is 602. The highest BCUT2D eigenvalue weighted by atomic mass is 32.2. The highest BCUT2D eigenvalue weighted by Crippen LogP contribution is 2.28. The summed E-state index contributed by atoms with van der Waals surface area (Å²) in [4.78, 5) is 9.61. The summed E-state index contributed by atoms with van der Waals surface area (Å²) in [6.07, 6.45) is 1.74. The zero-order valence-electron chi connectivity index (χ0n) is 12.6. The molecule has 0 aliphatic heterocycles. The Morgan fingerprint density at radius 2 is 2.10 bits per heavy atom. The lowest BCUT2D eigenvalue weighted by atomic mass is 10.2. The highest BCUT2D eigenvalue weighted by Gasteiger charge is 2.08. The lowest BCUT2D eigenvalue weighted by Gasteiger charge is -2.11. The van der Waals surface area contributed by atoms with Crippen LogP contribution in [0.3, 0.4) is 0 Å². The summed E-state index contributed by atoms with van der Waals surface area (Å²) in [5, 5.41) is 4.03. The van der Waals surface area contributed by atoms with Crippen LogP contribution in [0, 0.1) is 18.7 Å². The van der Waals surface area contributed by atoms with Crippen molar-refractivity contribution in [3.05, 3.63) is 47.5 Å². The summed E-state index contributed by atoms with van der Waals surface area (Å²) in [5.74, 6) is 0.348. The normalized spacial score (nSPS) is 11.1. The average Bonchev–Trinajstić information content (AvgIpc) is 2.41. The van der Waals surface area contributed by atoms with E-state index in [4.69, 9.17) is 0 Å². The van der Waals surface area contributed by atoms with Gasteiger partial charge in [-0.25, -0.2) is 14.4 Å². The zero-order valence-corrected chi connectivity index (χ0v) is 13.4. The number of rotatable bonds is 6. The van der Waals surface area contributed by atoms with Crippen molar-refractivity contribution >= 4 is 11.8 Å². The molecule has 0 unspecified atom stereocenters. The van der Waals surface area contributed by atoms with E-state index in [-0.39, 0.29) is 5.82 Å². The maximum absolute atomic E-state index is 13.5. The second-order valence-corrected chi connectivity index (χ2v) is 6.37. The third-order valence-corrected chi connectivity index (χ3v) is 3.86. The number of aromatic nitrogens is 2. The molecular weight excluding hydrogens is 285 g/mol. The summed E-state index contributed by atoms with van der Waals surface area (Å²) in [5.41, 5.74) is 1.86. The van der Waals surface area contributed by atoms with E-state index in [1.165, 1.54) is 17.8 Å². The van der Waals surface area contributed by atoms with E-state index in [2.05, 4.69) is 29.1 Å². The molecule has 0 saturated carbocycles. The first-order valence-corrected chi connectivity index (χ1v) is 7.83. The monoisotopic (exact) mass is 305 g/mol. The minimum absolute atomic E-state index is 0.217. The molecule has 0 amide bonds. The number of nitrogens with one attached hydrogen (secondary N) is 1. The molecule has 2 rings (SSSR count). The molecule has 2 aromatic rings. The van der Waals surface area contributed by atoms with Crippen molar-refractivity contribution in [3.63, 3.8) is 0 Å². The summed E-state index contributed by atoms with van der Waals surface area (Å²) in [6.45, 7) is 7.77. The van der Waals surface area contributed by atoms with Crippen LogP contribution in [-0.4, -0.2) is 16.5 Å². The third-order valence-electron chi connectivity index (χ3n) is 2.86. The van der Waals surface area contributed by atoms with Crippen LogP contribution in [0.1, 0.15) is 25.1 Å². The molecule has 112 valence electrons. The molecule has 0 atom stereocenters. The molecule has 1 heterocycles. The molecule has 0 aliphatic carbocycles. The minimum Gasteiger partial charge on any atom is -0.312 e. The molecule has 1 N–H and O–H groups in total. The largest absolute Gasteiger partial charge is 0.312 e. The van der Waals surface area contributed by atoms with Gasteiger partial charge in [0.15, 0.2) is 5.16 Å². The molecule has 1 aromatic carbocycles. The highest BCUT2D eigenvalue weighted by molar-refractivity contribution is 7.99. The number of hydrogen-bond donors (Lipinski definition) is 1. The number of halogens is 1. The second kappa shape index (κ2) is 7.52. The van der Waals surface area contributed by atoms with Crippen molar-refractivity contribution in [2.24, 2.45) is 5.92 Å². The summed E-state index contributed by atoms with van der Waals surface area (Å²) >= 11 is 1.47. The molecule has 0 saturated heterocycles. The molecule has 0 bridgehead atoms. The zero-order chi connectivity index (χ0) is 15.2. The third kappa shape index (κ3) is 5.10. The van der Waals surface area contributed by atoms with Gasteiger partial charge >= 0.3 is 0 Å². The van der Waals surface area contributed by atoms with Gasteiger partial charge in [-0.1, -0.05) is 13.8 Å². The van der Waals surface area contributed by atoms with Crippen LogP contribution < -0.4 is 5.32 Å². The van der Waals surface area contributed by atoms with Crippen LogP contribution in [-0.2, 0) is 6.54 Å². The molecule has 5 heteroatoms. The van der Waals surface area contributed by atoms with Crippen LogP contribution in [0.2, 0.25) is 0 Å². The fourth-order valence-corrected chi connectivity index (χ4v) is 2.75. The molecule has 0 aliphatic rings. The van der Waals surface area contributed by atoms with Crippen LogP contribution in [0.15, 0.2) is 40.5 Å². The van der Waals surface area contributed by atoms with E-state index in [0.717, 1.165) is 22.7 Å². The SMILES string of the molecule is Cc1ccnc(Sc2ccc(F)cc2CNCC(C)C)n1. The van der Waals surface area contributed by atoms with Crippen LogP contribution in [0.25, 0.3) is 0 Å². The minimum atomic E-state index is -0.217. The molecule has 21 heavy (non-hydrogen) atoms. The molecule has 1 aromatic heterocycles. The topological polar surface area (TPSA) is 37.8 Å². The number of nitrogens with zero attached hydrogens (tertiary/aromatic N) is 2. The smallest absolute Gasteiger partial charge is 0.192 e. The van der Waals surface area contributed by atoms with Gasteiger partial charge in [0.25, 0.3) is 0 Å². The average molecular weight is 305 g/mol. The van der Waals surface area contributed by atoms with E-state index in [1.807, 2.05) is 13.0 Å². The maximum Gasteiger partial charge on any atom is 0.192 e. The van der Waals surface area contributed by atoms with Crippen molar-refractivity contribution in [2.45, 2.75) is 37.4 Å². The van der Waals surface area contributed by atoms with E-state index in [9.17, 15) is 4.39 Å². The van der Waals surface area contributed by atoms with E-state index in [0.29, 0.717) is 17.6 Å². The lowest BCUT2D eigenvalue weighted by molar-refractivity contribution is 0.547. The Morgan fingerprint density at radius 1 is 1.29 bits per heavy atom. The van der Waals surface area contributed by atoms with Gasteiger partial charge in [0.1, 0.15) is 5.82 Å². The summed E-state index contributed by atoms with van der Waals surface area (Å²) in [6, 6.07) is 6.70. The molecule has 0 radical (unpaired) electrons. The Hall–Kier alpha value is -1.46. The quantitative estimate of drug-likeness (QED) is 0.823.